The number of hydrogen-bond acceptors (Lipinski definition) is 5. The molecule has 1 amide bonds. The van der Waals surface area contributed by atoms with Crippen molar-refractivity contribution in [2.75, 3.05) is 19.6 Å². The number of amides is 1. The highest BCUT2D eigenvalue weighted by atomic mass is 32.2. The molecule has 0 unspecified atom stereocenters. The fourth-order valence-electron chi connectivity index (χ4n) is 3.09. The summed E-state index contributed by atoms with van der Waals surface area (Å²) in [7, 11) is 0. The number of carbonyl (C=O) groups is 1. The molecule has 1 saturated carbocycles. The number of rotatable bonds is 7. The highest BCUT2D eigenvalue weighted by Gasteiger charge is 2.34. The summed E-state index contributed by atoms with van der Waals surface area (Å²) in [5, 5.41) is 13.5. The van der Waals surface area contributed by atoms with E-state index >= 15 is 0 Å². The molecule has 1 aromatic carbocycles. The Labute approximate surface area is 146 Å². The number of carbonyl (C=O) groups excluding carboxylic acids is 1. The molecule has 1 saturated heterocycles. The predicted molar refractivity (Wildman–Crippen MR) is 94.1 cm³/mol. The first-order valence-corrected chi connectivity index (χ1v) is 9.34. The van der Waals surface area contributed by atoms with E-state index in [-0.39, 0.29) is 16.8 Å². The summed E-state index contributed by atoms with van der Waals surface area (Å²) in [5.74, 6) is 0.592. The minimum atomic E-state index is -0.420. The van der Waals surface area contributed by atoms with Crippen molar-refractivity contribution < 1.29 is 9.72 Å². The van der Waals surface area contributed by atoms with Crippen molar-refractivity contribution in [2.45, 2.75) is 42.4 Å². The van der Waals surface area contributed by atoms with Gasteiger partial charge in [-0.05, 0) is 50.8 Å². The van der Waals surface area contributed by atoms with Crippen LogP contribution in [-0.2, 0) is 4.79 Å². The predicted octanol–water partition coefficient (Wildman–Crippen LogP) is 2.68. The van der Waals surface area contributed by atoms with Gasteiger partial charge in [-0.15, -0.1) is 11.8 Å². The average Bonchev–Trinajstić information content (AvgIpc) is 3.31. The van der Waals surface area contributed by atoms with Crippen molar-refractivity contribution in [3.63, 3.8) is 0 Å². The lowest BCUT2D eigenvalue weighted by Crippen LogP contribution is -2.35. The topological polar surface area (TPSA) is 75.5 Å². The Balaban J connectivity index is 1.42. The molecule has 1 heterocycles. The van der Waals surface area contributed by atoms with Gasteiger partial charge in [0.2, 0.25) is 5.91 Å². The van der Waals surface area contributed by atoms with E-state index in [0.717, 1.165) is 30.6 Å². The van der Waals surface area contributed by atoms with Crippen molar-refractivity contribution >= 4 is 23.4 Å². The van der Waals surface area contributed by atoms with E-state index in [1.54, 1.807) is 12.1 Å². The van der Waals surface area contributed by atoms with Gasteiger partial charge in [0.25, 0.3) is 5.69 Å². The molecular weight excluding hydrogens is 326 g/mol. The Morgan fingerprint density at radius 2 is 2.08 bits per heavy atom. The molecular formula is C17H23N3O3S. The summed E-state index contributed by atoms with van der Waals surface area (Å²) in [6, 6.07) is 7.13. The van der Waals surface area contributed by atoms with E-state index in [1.165, 1.54) is 43.2 Å². The SMILES string of the molecule is C[C@H](Sc1ccc([N+](=O)[O-])cc1)C(=O)NC[C@@H]1CCN(C2CC2)C1. The third-order valence-electron chi connectivity index (χ3n) is 4.68. The normalized spacial score (nSPS) is 22.3. The Morgan fingerprint density at radius 1 is 1.38 bits per heavy atom. The van der Waals surface area contributed by atoms with Crippen LogP contribution in [0, 0.1) is 16.0 Å². The number of nitro groups is 1. The van der Waals surface area contributed by atoms with Gasteiger partial charge in [0.05, 0.1) is 10.2 Å². The summed E-state index contributed by atoms with van der Waals surface area (Å²) in [4.78, 5) is 25.9. The molecule has 0 radical (unpaired) electrons. The zero-order valence-electron chi connectivity index (χ0n) is 13.8. The molecule has 1 N–H and O–H groups in total. The van der Waals surface area contributed by atoms with Crippen LogP contribution in [0.2, 0.25) is 0 Å². The molecule has 1 aliphatic heterocycles. The third kappa shape index (κ3) is 4.48. The minimum Gasteiger partial charge on any atom is -0.355 e. The molecule has 7 heteroatoms. The molecule has 3 rings (SSSR count). The second kappa shape index (κ2) is 7.53. The number of thioether (sulfide) groups is 1. The molecule has 24 heavy (non-hydrogen) atoms. The van der Waals surface area contributed by atoms with Crippen LogP contribution < -0.4 is 5.32 Å². The first-order valence-electron chi connectivity index (χ1n) is 8.46. The second-order valence-electron chi connectivity index (χ2n) is 6.64. The monoisotopic (exact) mass is 349 g/mol. The van der Waals surface area contributed by atoms with Gasteiger partial charge in [-0.25, -0.2) is 0 Å². The van der Waals surface area contributed by atoms with E-state index in [0.29, 0.717) is 5.92 Å². The van der Waals surface area contributed by atoms with Crippen LogP contribution in [0.25, 0.3) is 0 Å². The van der Waals surface area contributed by atoms with Gasteiger partial charge in [-0.3, -0.25) is 14.9 Å². The number of nitrogens with zero attached hydrogens (tertiary/aromatic N) is 2. The van der Waals surface area contributed by atoms with Crippen LogP contribution in [0.3, 0.4) is 0 Å². The van der Waals surface area contributed by atoms with Crippen molar-refractivity contribution in [1.29, 1.82) is 0 Å². The van der Waals surface area contributed by atoms with Gasteiger partial charge in [-0.2, -0.15) is 0 Å². The fourth-order valence-corrected chi connectivity index (χ4v) is 3.99. The van der Waals surface area contributed by atoms with Crippen molar-refractivity contribution in [1.82, 2.24) is 10.2 Å². The van der Waals surface area contributed by atoms with Crippen LogP contribution in [0.15, 0.2) is 29.2 Å². The zero-order valence-corrected chi connectivity index (χ0v) is 14.6. The number of nitrogens with one attached hydrogen (secondary N) is 1. The lowest BCUT2D eigenvalue weighted by molar-refractivity contribution is -0.384. The molecule has 1 aliphatic carbocycles. The number of non-ortho nitro benzene ring substituents is 1. The summed E-state index contributed by atoms with van der Waals surface area (Å²) in [6.07, 6.45) is 3.84. The minimum absolute atomic E-state index is 0.0308. The maximum Gasteiger partial charge on any atom is 0.269 e. The molecule has 130 valence electrons. The lowest BCUT2D eigenvalue weighted by atomic mass is 10.1. The molecule has 2 fully saturated rings. The summed E-state index contributed by atoms with van der Waals surface area (Å²) < 4.78 is 0. The average molecular weight is 349 g/mol. The summed E-state index contributed by atoms with van der Waals surface area (Å²) in [6.45, 7) is 4.88. The van der Waals surface area contributed by atoms with E-state index < -0.39 is 4.92 Å². The molecule has 0 bridgehead atoms. The standard InChI is InChI=1S/C17H23N3O3S/c1-12(24-16-6-4-15(5-7-16)20(22)23)17(21)18-10-13-8-9-19(11-13)14-2-3-14/h4-7,12-14H,2-3,8-11H2,1H3,(H,18,21)/t12-,13-/m0/s1. The van der Waals surface area contributed by atoms with Crippen molar-refractivity contribution in [3.05, 3.63) is 34.4 Å². The largest absolute Gasteiger partial charge is 0.355 e. The Kier molecular flexibility index (Phi) is 5.40. The first kappa shape index (κ1) is 17.2. The molecule has 6 nitrogen and oxygen atoms in total. The number of likely N-dealkylation sites (tertiary alicyclic amines) is 1. The zero-order chi connectivity index (χ0) is 17.1. The molecule has 2 aliphatic rings. The van der Waals surface area contributed by atoms with Gasteiger partial charge < -0.3 is 10.2 Å². The maximum absolute atomic E-state index is 12.3. The highest BCUT2D eigenvalue weighted by molar-refractivity contribution is 8.00. The van der Waals surface area contributed by atoms with Crippen molar-refractivity contribution in [3.8, 4) is 0 Å². The van der Waals surface area contributed by atoms with Crippen LogP contribution in [0.1, 0.15) is 26.2 Å². The molecule has 1 aromatic rings. The Hall–Kier alpha value is -1.60. The lowest BCUT2D eigenvalue weighted by Gasteiger charge is -2.16. The second-order valence-corrected chi connectivity index (χ2v) is 8.05. The highest BCUT2D eigenvalue weighted by Crippen LogP contribution is 2.31. The van der Waals surface area contributed by atoms with E-state index in [4.69, 9.17) is 0 Å². The van der Waals surface area contributed by atoms with Crippen LogP contribution in [0.5, 0.6) is 0 Å². The molecule has 0 spiro atoms. The number of benzene rings is 1. The number of hydrogen-bond donors (Lipinski definition) is 1. The van der Waals surface area contributed by atoms with Crippen LogP contribution in [-0.4, -0.2) is 46.7 Å². The molecule has 2 atom stereocenters. The van der Waals surface area contributed by atoms with Gasteiger partial charge in [0.1, 0.15) is 0 Å². The summed E-state index contributed by atoms with van der Waals surface area (Å²) >= 11 is 1.42. The Morgan fingerprint density at radius 3 is 2.71 bits per heavy atom. The fraction of sp³-hybridized carbons (Fsp3) is 0.588. The maximum atomic E-state index is 12.3. The van der Waals surface area contributed by atoms with E-state index in [9.17, 15) is 14.9 Å². The first-order chi connectivity index (χ1) is 11.5. The van der Waals surface area contributed by atoms with Crippen LogP contribution in [0.4, 0.5) is 5.69 Å². The van der Waals surface area contributed by atoms with Gasteiger partial charge in [-0.1, -0.05) is 0 Å². The van der Waals surface area contributed by atoms with E-state index in [2.05, 4.69) is 10.2 Å². The Bertz CT molecular complexity index is 604. The quantitative estimate of drug-likeness (QED) is 0.465. The number of nitro benzene ring substituents is 1. The smallest absolute Gasteiger partial charge is 0.269 e. The van der Waals surface area contributed by atoms with Crippen molar-refractivity contribution in [2.24, 2.45) is 5.92 Å². The third-order valence-corrected chi connectivity index (χ3v) is 5.79. The van der Waals surface area contributed by atoms with E-state index in [1.807, 2.05) is 6.92 Å². The van der Waals surface area contributed by atoms with Gasteiger partial charge in [0.15, 0.2) is 0 Å². The van der Waals surface area contributed by atoms with Crippen LogP contribution >= 0.6 is 11.8 Å². The van der Waals surface area contributed by atoms with Gasteiger partial charge >= 0.3 is 0 Å². The molecule has 0 aromatic heterocycles. The van der Waals surface area contributed by atoms with Gasteiger partial charge in [0, 0.05) is 36.2 Å². The summed E-state index contributed by atoms with van der Waals surface area (Å²) in [5.41, 5.74) is 0.0675.